The summed E-state index contributed by atoms with van der Waals surface area (Å²) in [6.07, 6.45) is 1.71. The molecule has 0 saturated carbocycles. The third-order valence-corrected chi connectivity index (χ3v) is 5.03. The molecule has 1 aromatic heterocycles. The number of aryl methyl sites for hydroxylation is 2. The molecule has 6 nitrogen and oxygen atoms in total. The van der Waals surface area contributed by atoms with E-state index in [4.69, 9.17) is 11.6 Å². The van der Waals surface area contributed by atoms with Crippen molar-refractivity contribution >= 4 is 45.5 Å². The smallest absolute Gasteiger partial charge is 0.241 e. The second kappa shape index (κ2) is 7.93. The maximum Gasteiger partial charge on any atom is 0.241 e. The van der Waals surface area contributed by atoms with Gasteiger partial charge < -0.3 is 9.67 Å². The molecule has 0 aliphatic heterocycles. The Balaban J connectivity index is 1.44. The lowest BCUT2D eigenvalue weighted by Crippen LogP contribution is -2.19. The largest absolute Gasteiger partial charge is 0.507 e. The molecule has 3 aromatic carbocycles. The number of amides is 1. The molecule has 0 radical (unpaired) electrons. The molecular weight excluding hydrogens is 388 g/mol. The van der Waals surface area contributed by atoms with Crippen LogP contribution in [0.15, 0.2) is 59.7 Å². The second-order valence-corrected chi connectivity index (χ2v) is 7.14. The van der Waals surface area contributed by atoms with Gasteiger partial charge in [0.2, 0.25) is 5.91 Å². The van der Waals surface area contributed by atoms with Crippen LogP contribution in [0, 0.1) is 6.92 Å². The molecule has 0 fully saturated rings. The van der Waals surface area contributed by atoms with Gasteiger partial charge in [-0.25, -0.2) is 10.4 Å². The van der Waals surface area contributed by atoms with Crippen LogP contribution in [-0.4, -0.2) is 26.8 Å². The van der Waals surface area contributed by atoms with Crippen LogP contribution in [0.2, 0.25) is 5.02 Å². The van der Waals surface area contributed by atoms with Crippen LogP contribution in [0.4, 0.5) is 0 Å². The molecule has 0 spiro atoms. The number of imidazole rings is 1. The zero-order valence-electron chi connectivity index (χ0n) is 15.8. The van der Waals surface area contributed by atoms with E-state index in [0.29, 0.717) is 17.1 Å². The number of phenolic OH excluding ortho intramolecular Hbond substituents is 1. The van der Waals surface area contributed by atoms with Crippen molar-refractivity contribution in [3.8, 4) is 5.75 Å². The Bertz CT molecular complexity index is 1250. The first kappa shape index (κ1) is 19.0. The van der Waals surface area contributed by atoms with Gasteiger partial charge in [-0.3, -0.25) is 4.79 Å². The lowest BCUT2D eigenvalue weighted by Gasteiger charge is -2.07. The third-order valence-electron chi connectivity index (χ3n) is 4.79. The van der Waals surface area contributed by atoms with Gasteiger partial charge in [0, 0.05) is 23.6 Å². The summed E-state index contributed by atoms with van der Waals surface area (Å²) in [5.74, 6) is 0.705. The molecule has 1 heterocycles. The summed E-state index contributed by atoms with van der Waals surface area (Å²) >= 11 is 6.02. The van der Waals surface area contributed by atoms with Gasteiger partial charge in [-0.15, -0.1) is 0 Å². The Morgan fingerprint density at radius 3 is 2.93 bits per heavy atom. The van der Waals surface area contributed by atoms with Crippen molar-refractivity contribution < 1.29 is 9.90 Å². The number of carbonyl (C=O) groups is 1. The third kappa shape index (κ3) is 3.93. The standard InChI is InChI=1S/C22H19ClN4O2/c1-14-25-19-12-16(23)7-8-20(19)27(14)11-10-22(29)26-24-13-18-17-5-3-2-4-15(17)6-9-21(18)28/h2-9,12-13,28H,10-11H2,1H3,(H,26,29)/b24-13+. The van der Waals surface area contributed by atoms with Gasteiger partial charge >= 0.3 is 0 Å². The minimum Gasteiger partial charge on any atom is -0.507 e. The van der Waals surface area contributed by atoms with Crippen LogP contribution in [0.5, 0.6) is 5.75 Å². The van der Waals surface area contributed by atoms with Crippen LogP contribution in [0.1, 0.15) is 17.8 Å². The van der Waals surface area contributed by atoms with Crippen molar-refractivity contribution in [2.75, 3.05) is 0 Å². The molecule has 146 valence electrons. The second-order valence-electron chi connectivity index (χ2n) is 6.71. The van der Waals surface area contributed by atoms with Crippen molar-refractivity contribution in [2.45, 2.75) is 19.9 Å². The van der Waals surface area contributed by atoms with Crippen molar-refractivity contribution in [2.24, 2.45) is 5.10 Å². The number of nitrogens with one attached hydrogen (secondary N) is 1. The molecule has 7 heteroatoms. The fourth-order valence-electron chi connectivity index (χ4n) is 3.36. The van der Waals surface area contributed by atoms with Crippen LogP contribution in [0.3, 0.4) is 0 Å². The van der Waals surface area contributed by atoms with E-state index >= 15 is 0 Å². The van der Waals surface area contributed by atoms with E-state index in [1.807, 2.05) is 54.0 Å². The van der Waals surface area contributed by atoms with E-state index in [1.54, 1.807) is 12.1 Å². The highest BCUT2D eigenvalue weighted by Crippen LogP contribution is 2.25. The number of hydrogen-bond acceptors (Lipinski definition) is 4. The molecule has 2 N–H and O–H groups in total. The van der Waals surface area contributed by atoms with Gasteiger partial charge in [0.25, 0.3) is 0 Å². The number of carbonyl (C=O) groups excluding carboxylic acids is 1. The SMILES string of the molecule is Cc1nc2cc(Cl)ccc2n1CCC(=O)N/N=C/c1c(O)ccc2ccccc12. The first-order chi connectivity index (χ1) is 14.0. The molecule has 0 aliphatic carbocycles. The van der Waals surface area contributed by atoms with E-state index in [1.165, 1.54) is 6.21 Å². The predicted molar refractivity (Wildman–Crippen MR) is 115 cm³/mol. The lowest BCUT2D eigenvalue weighted by atomic mass is 10.0. The van der Waals surface area contributed by atoms with Gasteiger partial charge in [0.1, 0.15) is 11.6 Å². The van der Waals surface area contributed by atoms with E-state index in [-0.39, 0.29) is 18.1 Å². The zero-order valence-corrected chi connectivity index (χ0v) is 16.5. The number of fused-ring (bicyclic) bond motifs is 2. The minimum atomic E-state index is -0.226. The number of halogens is 1. The molecule has 0 atom stereocenters. The summed E-state index contributed by atoms with van der Waals surface area (Å²) in [4.78, 5) is 16.7. The first-order valence-electron chi connectivity index (χ1n) is 9.18. The summed E-state index contributed by atoms with van der Waals surface area (Å²) in [5.41, 5.74) is 4.83. The van der Waals surface area contributed by atoms with Gasteiger partial charge in [-0.2, -0.15) is 5.10 Å². The van der Waals surface area contributed by atoms with Crippen molar-refractivity contribution in [1.82, 2.24) is 15.0 Å². The number of aromatic hydroxyl groups is 1. The fourth-order valence-corrected chi connectivity index (χ4v) is 3.53. The molecule has 0 unspecified atom stereocenters. The average Bonchev–Trinajstić information content (AvgIpc) is 3.02. The Morgan fingerprint density at radius 1 is 1.24 bits per heavy atom. The molecule has 0 aliphatic rings. The van der Waals surface area contributed by atoms with E-state index in [9.17, 15) is 9.90 Å². The highest BCUT2D eigenvalue weighted by atomic mass is 35.5. The Hall–Kier alpha value is -3.38. The first-order valence-corrected chi connectivity index (χ1v) is 9.56. The number of rotatable bonds is 5. The summed E-state index contributed by atoms with van der Waals surface area (Å²) in [6, 6.07) is 16.6. The quantitative estimate of drug-likeness (QED) is 0.381. The van der Waals surface area contributed by atoms with E-state index in [0.717, 1.165) is 27.6 Å². The van der Waals surface area contributed by atoms with E-state index in [2.05, 4.69) is 15.5 Å². The van der Waals surface area contributed by atoms with E-state index < -0.39 is 0 Å². The molecule has 0 saturated heterocycles. The molecular formula is C22H19ClN4O2. The summed E-state index contributed by atoms with van der Waals surface area (Å²) in [5, 5.41) is 16.6. The highest BCUT2D eigenvalue weighted by Gasteiger charge is 2.10. The number of benzene rings is 3. The van der Waals surface area contributed by atoms with Crippen LogP contribution in [0.25, 0.3) is 21.8 Å². The Kier molecular flexibility index (Phi) is 5.18. The molecule has 4 rings (SSSR count). The fraction of sp³-hybridized carbons (Fsp3) is 0.136. The molecule has 4 aromatic rings. The summed E-state index contributed by atoms with van der Waals surface area (Å²) in [6.45, 7) is 2.37. The number of hydrazone groups is 1. The number of aromatic nitrogens is 2. The van der Waals surface area contributed by atoms with Gasteiger partial charge in [0.05, 0.1) is 17.2 Å². The zero-order chi connectivity index (χ0) is 20.4. The number of nitrogens with zero attached hydrogens (tertiary/aromatic N) is 3. The number of phenols is 1. The molecule has 0 bridgehead atoms. The lowest BCUT2D eigenvalue weighted by molar-refractivity contribution is -0.121. The van der Waals surface area contributed by atoms with Gasteiger partial charge in [-0.05, 0) is 42.0 Å². The van der Waals surface area contributed by atoms with Crippen molar-refractivity contribution in [3.63, 3.8) is 0 Å². The monoisotopic (exact) mass is 406 g/mol. The summed E-state index contributed by atoms with van der Waals surface area (Å²) < 4.78 is 1.98. The number of hydrogen-bond donors (Lipinski definition) is 2. The summed E-state index contributed by atoms with van der Waals surface area (Å²) in [7, 11) is 0. The average molecular weight is 407 g/mol. The Labute approximate surface area is 172 Å². The van der Waals surface area contributed by atoms with Crippen LogP contribution >= 0.6 is 11.6 Å². The highest BCUT2D eigenvalue weighted by molar-refractivity contribution is 6.31. The predicted octanol–water partition coefficient (Wildman–Crippen LogP) is 4.40. The normalized spacial score (nSPS) is 11.5. The molecule has 1 amide bonds. The maximum absolute atomic E-state index is 12.2. The van der Waals surface area contributed by atoms with Crippen LogP contribution < -0.4 is 5.43 Å². The Morgan fingerprint density at radius 2 is 2.07 bits per heavy atom. The van der Waals surface area contributed by atoms with Gasteiger partial charge in [-0.1, -0.05) is 41.9 Å². The maximum atomic E-state index is 12.2. The van der Waals surface area contributed by atoms with Crippen LogP contribution in [-0.2, 0) is 11.3 Å². The topological polar surface area (TPSA) is 79.5 Å². The molecule has 29 heavy (non-hydrogen) atoms. The van der Waals surface area contributed by atoms with Gasteiger partial charge in [0.15, 0.2) is 0 Å². The van der Waals surface area contributed by atoms with Crippen molar-refractivity contribution in [3.05, 3.63) is 71.0 Å². The minimum absolute atomic E-state index is 0.112. The van der Waals surface area contributed by atoms with Crippen molar-refractivity contribution in [1.29, 1.82) is 0 Å².